The number of rotatable bonds is 4. The molecule has 2 heteroatoms. The summed E-state index contributed by atoms with van der Waals surface area (Å²) in [5, 5.41) is 3.13. The summed E-state index contributed by atoms with van der Waals surface area (Å²) in [6, 6.07) is 0.487. The second kappa shape index (κ2) is 5.51. The van der Waals surface area contributed by atoms with Crippen LogP contribution in [0.4, 0.5) is 0 Å². The van der Waals surface area contributed by atoms with Gasteiger partial charge in [-0.2, -0.15) is 0 Å². The van der Waals surface area contributed by atoms with Gasteiger partial charge in [0.1, 0.15) is 6.29 Å². The van der Waals surface area contributed by atoms with E-state index >= 15 is 0 Å². The molecule has 0 aliphatic carbocycles. The molecule has 0 aliphatic rings. The summed E-state index contributed by atoms with van der Waals surface area (Å²) < 4.78 is 0. The van der Waals surface area contributed by atoms with Crippen LogP contribution in [0.5, 0.6) is 0 Å². The highest BCUT2D eigenvalue weighted by Gasteiger charge is 1.84. The highest BCUT2D eigenvalue weighted by molar-refractivity contribution is 5.64. The van der Waals surface area contributed by atoms with Crippen molar-refractivity contribution in [2.45, 2.75) is 19.9 Å². The van der Waals surface area contributed by atoms with Gasteiger partial charge in [0.2, 0.25) is 0 Å². The summed E-state index contributed by atoms with van der Waals surface area (Å²) in [6.07, 6.45) is 4.07. The Kier molecular flexibility index (Phi) is 5.12. The standard InChI is InChI=1S/C7H13NO/c1-7(2)8-5-3-4-6-9/h3-4,6-8H,5H2,1-2H3. The Bertz CT molecular complexity index is 97.1. The van der Waals surface area contributed by atoms with Gasteiger partial charge >= 0.3 is 0 Å². The van der Waals surface area contributed by atoms with Gasteiger partial charge in [-0.05, 0) is 6.08 Å². The predicted octanol–water partition coefficient (Wildman–Crippen LogP) is 0.739. The predicted molar refractivity (Wildman–Crippen MR) is 38.3 cm³/mol. The van der Waals surface area contributed by atoms with Crippen molar-refractivity contribution in [1.82, 2.24) is 5.32 Å². The molecule has 0 aromatic rings. The largest absolute Gasteiger partial charge is 0.311 e. The maximum atomic E-state index is 9.73. The van der Waals surface area contributed by atoms with Gasteiger partial charge < -0.3 is 5.32 Å². The van der Waals surface area contributed by atoms with Gasteiger partial charge in [0.15, 0.2) is 0 Å². The number of aldehydes is 1. The van der Waals surface area contributed by atoms with Crippen LogP contribution in [0.25, 0.3) is 0 Å². The van der Waals surface area contributed by atoms with E-state index in [4.69, 9.17) is 0 Å². The fourth-order valence-corrected chi connectivity index (χ4v) is 0.427. The van der Waals surface area contributed by atoms with Crippen LogP contribution in [0.2, 0.25) is 0 Å². The first kappa shape index (κ1) is 8.37. The van der Waals surface area contributed by atoms with Crippen LogP contribution in [0.1, 0.15) is 13.8 Å². The maximum absolute atomic E-state index is 9.73. The van der Waals surface area contributed by atoms with E-state index in [1.165, 1.54) is 6.08 Å². The van der Waals surface area contributed by atoms with Crippen molar-refractivity contribution < 1.29 is 4.79 Å². The number of hydrogen-bond acceptors (Lipinski definition) is 2. The number of carbonyl (C=O) groups excluding carboxylic acids is 1. The molecule has 0 aliphatic heterocycles. The molecule has 0 spiro atoms. The van der Waals surface area contributed by atoms with Crippen LogP contribution in [0.3, 0.4) is 0 Å². The molecular weight excluding hydrogens is 114 g/mol. The first-order chi connectivity index (χ1) is 4.27. The Labute approximate surface area is 56.0 Å². The van der Waals surface area contributed by atoms with Gasteiger partial charge in [0, 0.05) is 12.6 Å². The molecule has 0 aromatic carbocycles. The van der Waals surface area contributed by atoms with Gasteiger partial charge in [0.25, 0.3) is 0 Å². The summed E-state index contributed by atoms with van der Waals surface area (Å²) in [6.45, 7) is 4.90. The molecule has 2 nitrogen and oxygen atoms in total. The minimum atomic E-state index is 0.487. The van der Waals surface area contributed by atoms with E-state index in [0.717, 1.165) is 12.8 Å². The molecule has 0 rings (SSSR count). The SMILES string of the molecule is CC(C)NCC=CC=O. The van der Waals surface area contributed by atoms with Crippen molar-refractivity contribution in [3.05, 3.63) is 12.2 Å². The lowest BCUT2D eigenvalue weighted by Gasteiger charge is -2.02. The molecule has 0 fully saturated rings. The minimum absolute atomic E-state index is 0.487. The van der Waals surface area contributed by atoms with Crippen molar-refractivity contribution in [3.63, 3.8) is 0 Å². The highest BCUT2D eigenvalue weighted by atomic mass is 16.1. The first-order valence-electron chi connectivity index (χ1n) is 3.11. The lowest BCUT2D eigenvalue weighted by Crippen LogP contribution is -2.22. The molecule has 0 amide bonds. The molecule has 52 valence electrons. The number of nitrogens with one attached hydrogen (secondary N) is 1. The van der Waals surface area contributed by atoms with Gasteiger partial charge in [0.05, 0.1) is 0 Å². The maximum Gasteiger partial charge on any atom is 0.142 e. The quantitative estimate of drug-likeness (QED) is 0.446. The molecule has 0 aromatic heterocycles. The van der Waals surface area contributed by atoms with Crippen molar-refractivity contribution in [2.75, 3.05) is 6.54 Å². The van der Waals surface area contributed by atoms with Crippen LogP contribution >= 0.6 is 0 Å². The Morgan fingerprint density at radius 1 is 1.56 bits per heavy atom. The van der Waals surface area contributed by atoms with E-state index in [0.29, 0.717) is 6.04 Å². The van der Waals surface area contributed by atoms with E-state index in [1.54, 1.807) is 6.08 Å². The number of hydrogen-bond donors (Lipinski definition) is 1. The van der Waals surface area contributed by atoms with E-state index < -0.39 is 0 Å². The molecule has 1 N–H and O–H groups in total. The smallest absolute Gasteiger partial charge is 0.142 e. The molecule has 0 unspecified atom stereocenters. The van der Waals surface area contributed by atoms with Crippen LogP contribution in [0, 0.1) is 0 Å². The molecule has 0 bridgehead atoms. The average Bonchev–Trinajstić information content (AvgIpc) is 1.80. The van der Waals surface area contributed by atoms with Crippen LogP contribution in [-0.2, 0) is 4.79 Å². The van der Waals surface area contributed by atoms with E-state index in [1.807, 2.05) is 0 Å². The zero-order valence-corrected chi connectivity index (χ0v) is 5.92. The lowest BCUT2D eigenvalue weighted by molar-refractivity contribution is -0.104. The van der Waals surface area contributed by atoms with E-state index in [9.17, 15) is 4.79 Å². The lowest BCUT2D eigenvalue weighted by atomic mass is 10.4. The molecule has 0 radical (unpaired) electrons. The molecule has 0 saturated heterocycles. The van der Waals surface area contributed by atoms with Crippen molar-refractivity contribution in [2.24, 2.45) is 0 Å². The normalized spacial score (nSPS) is 11.0. The Morgan fingerprint density at radius 2 is 2.22 bits per heavy atom. The topological polar surface area (TPSA) is 29.1 Å². The molecule has 0 heterocycles. The Morgan fingerprint density at radius 3 is 2.67 bits per heavy atom. The third kappa shape index (κ3) is 7.37. The fourth-order valence-electron chi connectivity index (χ4n) is 0.427. The summed E-state index contributed by atoms with van der Waals surface area (Å²) in [7, 11) is 0. The Hall–Kier alpha value is -0.630. The minimum Gasteiger partial charge on any atom is -0.311 e. The van der Waals surface area contributed by atoms with Gasteiger partial charge in [-0.3, -0.25) is 4.79 Å². The summed E-state index contributed by atoms with van der Waals surface area (Å²) in [4.78, 5) is 9.73. The van der Waals surface area contributed by atoms with E-state index in [-0.39, 0.29) is 0 Å². The van der Waals surface area contributed by atoms with Crippen LogP contribution in [-0.4, -0.2) is 18.9 Å². The summed E-state index contributed by atoms with van der Waals surface area (Å²) >= 11 is 0. The molecular formula is C7H13NO. The zero-order valence-electron chi connectivity index (χ0n) is 5.92. The second-order valence-electron chi connectivity index (χ2n) is 2.13. The monoisotopic (exact) mass is 127 g/mol. The fraction of sp³-hybridized carbons (Fsp3) is 0.571. The third-order valence-electron chi connectivity index (χ3n) is 0.859. The van der Waals surface area contributed by atoms with Crippen molar-refractivity contribution in [1.29, 1.82) is 0 Å². The van der Waals surface area contributed by atoms with Gasteiger partial charge in [-0.15, -0.1) is 0 Å². The second-order valence-corrected chi connectivity index (χ2v) is 2.13. The third-order valence-corrected chi connectivity index (χ3v) is 0.859. The number of carbonyl (C=O) groups is 1. The Balaban J connectivity index is 3.08. The van der Waals surface area contributed by atoms with Crippen LogP contribution in [0.15, 0.2) is 12.2 Å². The van der Waals surface area contributed by atoms with Gasteiger partial charge in [-0.25, -0.2) is 0 Å². The van der Waals surface area contributed by atoms with Crippen LogP contribution < -0.4 is 5.32 Å². The summed E-state index contributed by atoms with van der Waals surface area (Å²) in [5.41, 5.74) is 0. The van der Waals surface area contributed by atoms with Crippen molar-refractivity contribution >= 4 is 6.29 Å². The highest BCUT2D eigenvalue weighted by Crippen LogP contribution is 1.74. The first-order valence-corrected chi connectivity index (χ1v) is 3.11. The molecule has 0 atom stereocenters. The van der Waals surface area contributed by atoms with E-state index in [2.05, 4.69) is 19.2 Å². The summed E-state index contributed by atoms with van der Waals surface area (Å²) in [5.74, 6) is 0. The average molecular weight is 127 g/mol. The van der Waals surface area contributed by atoms with Gasteiger partial charge in [-0.1, -0.05) is 19.9 Å². The molecule has 0 saturated carbocycles. The molecule has 9 heavy (non-hydrogen) atoms. The van der Waals surface area contributed by atoms with Crippen molar-refractivity contribution in [3.8, 4) is 0 Å². The number of allylic oxidation sites excluding steroid dienone is 1. The zero-order chi connectivity index (χ0) is 7.11.